The lowest BCUT2D eigenvalue weighted by Gasteiger charge is -2.12. The highest BCUT2D eigenvalue weighted by atomic mass is 32.2. The van der Waals surface area contributed by atoms with Gasteiger partial charge >= 0.3 is 0 Å². The molecule has 2 aromatic rings. The van der Waals surface area contributed by atoms with E-state index in [4.69, 9.17) is 5.84 Å². The van der Waals surface area contributed by atoms with Crippen molar-refractivity contribution in [2.45, 2.75) is 4.90 Å². The summed E-state index contributed by atoms with van der Waals surface area (Å²) < 4.78 is 65.8. The Morgan fingerprint density at radius 3 is 2.14 bits per heavy atom. The molecule has 0 fully saturated rings. The number of hydrogen-bond donors (Lipinski definition) is 3. The fraction of sp³-hybridized carbons (Fsp3) is 0. The Kier molecular flexibility index (Phi) is 4.05. The molecule has 0 aliphatic rings. The Morgan fingerprint density at radius 1 is 1.00 bits per heavy atom. The minimum absolute atomic E-state index is 0.0351. The minimum Gasteiger partial charge on any atom is -0.323 e. The van der Waals surface area contributed by atoms with Crippen LogP contribution in [0.5, 0.6) is 0 Å². The van der Waals surface area contributed by atoms with Crippen molar-refractivity contribution in [3.8, 4) is 0 Å². The van der Waals surface area contributed by atoms with Crippen LogP contribution in [0.25, 0.3) is 0 Å². The molecule has 4 N–H and O–H groups in total. The lowest BCUT2D eigenvalue weighted by molar-refractivity contribution is 0.547. The molecule has 0 amide bonds. The van der Waals surface area contributed by atoms with Gasteiger partial charge in [0, 0.05) is 12.1 Å². The summed E-state index contributed by atoms with van der Waals surface area (Å²) in [5.41, 5.74) is 1.23. The van der Waals surface area contributed by atoms with Crippen LogP contribution >= 0.6 is 0 Å². The van der Waals surface area contributed by atoms with Crippen LogP contribution in [0, 0.1) is 17.5 Å². The van der Waals surface area contributed by atoms with E-state index < -0.39 is 33.2 Å². The molecule has 112 valence electrons. The van der Waals surface area contributed by atoms with Crippen molar-refractivity contribution in [1.82, 2.24) is 0 Å². The molecule has 0 aromatic heterocycles. The van der Waals surface area contributed by atoms with Crippen LogP contribution in [-0.4, -0.2) is 8.42 Å². The summed E-state index contributed by atoms with van der Waals surface area (Å²) in [6.07, 6.45) is 0. The molecule has 9 heteroatoms. The Balaban J connectivity index is 2.48. The second-order valence-corrected chi connectivity index (χ2v) is 5.64. The zero-order valence-corrected chi connectivity index (χ0v) is 11.2. The molecule has 0 aliphatic carbocycles. The van der Waals surface area contributed by atoms with Crippen LogP contribution in [0.15, 0.2) is 41.3 Å². The SMILES string of the molecule is NNc1ccccc1S(=O)(=O)Nc1c(F)cc(F)cc1F. The summed E-state index contributed by atoms with van der Waals surface area (Å²) in [4.78, 5) is -0.310. The smallest absolute Gasteiger partial charge is 0.264 e. The molecule has 0 unspecified atom stereocenters. The highest BCUT2D eigenvalue weighted by Gasteiger charge is 2.22. The third kappa shape index (κ3) is 3.09. The maximum absolute atomic E-state index is 13.5. The molecular formula is C12H10F3N3O2S. The second-order valence-electron chi connectivity index (χ2n) is 3.99. The van der Waals surface area contributed by atoms with Gasteiger partial charge in [-0.25, -0.2) is 21.6 Å². The van der Waals surface area contributed by atoms with Gasteiger partial charge in [-0.1, -0.05) is 12.1 Å². The van der Waals surface area contributed by atoms with Crippen molar-refractivity contribution < 1.29 is 21.6 Å². The summed E-state index contributed by atoms with van der Waals surface area (Å²) in [5, 5.41) is 0. The second kappa shape index (κ2) is 5.62. The van der Waals surface area contributed by atoms with Crippen LogP contribution in [0.1, 0.15) is 0 Å². The number of halogens is 3. The number of hydrazine groups is 1. The normalized spacial score (nSPS) is 11.2. The first-order chi connectivity index (χ1) is 9.85. The molecule has 0 spiro atoms. The molecule has 0 aliphatic heterocycles. The van der Waals surface area contributed by atoms with E-state index in [9.17, 15) is 21.6 Å². The van der Waals surface area contributed by atoms with Crippen LogP contribution in [-0.2, 0) is 10.0 Å². The van der Waals surface area contributed by atoms with Crippen molar-refractivity contribution in [3.63, 3.8) is 0 Å². The number of anilines is 2. The predicted molar refractivity (Wildman–Crippen MR) is 71.4 cm³/mol. The number of para-hydroxylation sites is 1. The van der Waals surface area contributed by atoms with Crippen molar-refractivity contribution in [1.29, 1.82) is 0 Å². The van der Waals surface area contributed by atoms with Crippen molar-refractivity contribution in [2.24, 2.45) is 5.84 Å². The lowest BCUT2D eigenvalue weighted by Crippen LogP contribution is -2.18. The summed E-state index contributed by atoms with van der Waals surface area (Å²) in [7, 11) is -4.31. The Labute approximate surface area is 118 Å². The first kappa shape index (κ1) is 15.1. The molecule has 0 saturated carbocycles. The van der Waals surface area contributed by atoms with Crippen LogP contribution in [0.4, 0.5) is 24.5 Å². The largest absolute Gasteiger partial charge is 0.323 e. The molecule has 2 rings (SSSR count). The van der Waals surface area contributed by atoms with Gasteiger partial charge in [0.2, 0.25) is 0 Å². The van der Waals surface area contributed by atoms with E-state index in [1.807, 2.05) is 0 Å². The van der Waals surface area contributed by atoms with Gasteiger partial charge in [0.15, 0.2) is 11.6 Å². The average Bonchev–Trinajstić information content (AvgIpc) is 2.43. The van der Waals surface area contributed by atoms with Gasteiger partial charge < -0.3 is 5.43 Å². The minimum atomic E-state index is -4.31. The van der Waals surface area contributed by atoms with E-state index in [0.29, 0.717) is 12.1 Å². The molecule has 21 heavy (non-hydrogen) atoms. The Bertz CT molecular complexity index is 758. The lowest BCUT2D eigenvalue weighted by atomic mass is 10.3. The van der Waals surface area contributed by atoms with Gasteiger partial charge in [-0.3, -0.25) is 10.6 Å². The standard InChI is InChI=1S/C12H10F3N3O2S/c13-7-5-8(14)12(9(15)6-7)18-21(19,20)11-4-2-1-3-10(11)17-16/h1-6,17-18H,16H2. The highest BCUT2D eigenvalue weighted by molar-refractivity contribution is 7.92. The predicted octanol–water partition coefficient (Wildman–Crippen LogP) is 2.19. The van der Waals surface area contributed by atoms with Gasteiger partial charge in [-0.15, -0.1) is 0 Å². The number of hydrogen-bond acceptors (Lipinski definition) is 4. The average molecular weight is 317 g/mol. The number of nitrogens with one attached hydrogen (secondary N) is 2. The van der Waals surface area contributed by atoms with Gasteiger partial charge in [-0.2, -0.15) is 0 Å². The topological polar surface area (TPSA) is 84.2 Å². The Morgan fingerprint density at radius 2 is 1.57 bits per heavy atom. The summed E-state index contributed by atoms with van der Waals surface area (Å²) in [6, 6.07) is 6.23. The fourth-order valence-electron chi connectivity index (χ4n) is 1.65. The highest BCUT2D eigenvalue weighted by Crippen LogP contribution is 2.26. The van der Waals surface area contributed by atoms with Gasteiger partial charge in [0.1, 0.15) is 16.4 Å². The first-order valence-electron chi connectivity index (χ1n) is 5.58. The fourth-order valence-corrected chi connectivity index (χ4v) is 2.90. The number of nitrogens with two attached hydrogens (primary N) is 1. The third-order valence-electron chi connectivity index (χ3n) is 2.58. The molecule has 2 aromatic carbocycles. The zero-order chi connectivity index (χ0) is 15.6. The molecule has 0 heterocycles. The van der Waals surface area contributed by atoms with E-state index in [-0.39, 0.29) is 10.6 Å². The van der Waals surface area contributed by atoms with E-state index in [0.717, 1.165) is 0 Å². The molecular weight excluding hydrogens is 307 g/mol. The summed E-state index contributed by atoms with van der Waals surface area (Å²) >= 11 is 0. The summed E-state index contributed by atoms with van der Waals surface area (Å²) in [6.45, 7) is 0. The number of nitrogen functional groups attached to an aromatic ring is 1. The van der Waals surface area contributed by atoms with Crippen molar-refractivity contribution in [2.75, 3.05) is 10.1 Å². The van der Waals surface area contributed by atoms with Crippen LogP contribution in [0.2, 0.25) is 0 Å². The van der Waals surface area contributed by atoms with E-state index in [1.54, 1.807) is 4.72 Å². The molecule has 0 atom stereocenters. The first-order valence-corrected chi connectivity index (χ1v) is 7.06. The van der Waals surface area contributed by atoms with Gasteiger partial charge in [0.25, 0.3) is 10.0 Å². The van der Waals surface area contributed by atoms with Gasteiger partial charge in [0.05, 0.1) is 5.69 Å². The monoisotopic (exact) mass is 317 g/mol. The summed E-state index contributed by atoms with van der Waals surface area (Å²) in [5.74, 6) is 1.29. The zero-order valence-electron chi connectivity index (χ0n) is 10.4. The molecule has 0 radical (unpaired) electrons. The van der Waals surface area contributed by atoms with Crippen LogP contribution in [0.3, 0.4) is 0 Å². The molecule has 5 nitrogen and oxygen atoms in total. The van der Waals surface area contributed by atoms with Crippen molar-refractivity contribution in [3.05, 3.63) is 53.8 Å². The number of rotatable bonds is 4. The van der Waals surface area contributed by atoms with E-state index >= 15 is 0 Å². The maximum Gasteiger partial charge on any atom is 0.264 e. The van der Waals surface area contributed by atoms with E-state index in [1.165, 1.54) is 24.3 Å². The van der Waals surface area contributed by atoms with Crippen molar-refractivity contribution >= 4 is 21.4 Å². The molecule has 0 saturated heterocycles. The van der Waals surface area contributed by atoms with Crippen LogP contribution < -0.4 is 16.0 Å². The Hall–Kier alpha value is -2.26. The number of benzene rings is 2. The van der Waals surface area contributed by atoms with E-state index in [2.05, 4.69) is 5.43 Å². The third-order valence-corrected chi connectivity index (χ3v) is 3.98. The quantitative estimate of drug-likeness (QED) is 0.596. The van der Waals surface area contributed by atoms with Gasteiger partial charge in [-0.05, 0) is 12.1 Å². The number of sulfonamides is 1. The maximum atomic E-state index is 13.5. The molecule has 0 bridgehead atoms.